The highest BCUT2D eigenvalue weighted by molar-refractivity contribution is 6.00. The van der Waals surface area contributed by atoms with Crippen LogP contribution in [0.3, 0.4) is 0 Å². The molecule has 5 heteroatoms. The van der Waals surface area contributed by atoms with E-state index in [9.17, 15) is 9.59 Å². The van der Waals surface area contributed by atoms with Crippen molar-refractivity contribution < 1.29 is 14.4 Å². The lowest BCUT2D eigenvalue weighted by Gasteiger charge is -2.04. The van der Waals surface area contributed by atoms with Gasteiger partial charge in [0.25, 0.3) is 0 Å². The van der Waals surface area contributed by atoms with Gasteiger partial charge in [-0.2, -0.15) is 5.26 Å². The minimum absolute atomic E-state index is 0.482. The van der Waals surface area contributed by atoms with Gasteiger partial charge in [0, 0.05) is 0 Å². The molecule has 0 aromatic rings. The Morgan fingerprint density at radius 3 is 2.50 bits per heavy atom. The molecule has 1 unspecified atom stereocenters. The van der Waals surface area contributed by atoms with Crippen LogP contribution in [0.15, 0.2) is 0 Å². The van der Waals surface area contributed by atoms with Crippen molar-refractivity contribution >= 4 is 11.8 Å². The van der Waals surface area contributed by atoms with E-state index in [1.807, 2.05) is 0 Å². The van der Waals surface area contributed by atoms with Crippen LogP contribution in [0, 0.1) is 17.2 Å². The first-order valence-electron chi connectivity index (χ1n) is 3.52. The smallest absolute Gasteiger partial charge is 0.349 e. The largest absolute Gasteiger partial charge is 0.366 e. The quantitative estimate of drug-likeness (QED) is 0.419. The van der Waals surface area contributed by atoms with Crippen LogP contribution in [0.5, 0.6) is 0 Å². The number of hydrogen-bond acceptors (Lipinski definition) is 5. The molecule has 0 saturated carbocycles. The van der Waals surface area contributed by atoms with E-state index in [2.05, 4.69) is 4.84 Å². The van der Waals surface area contributed by atoms with Crippen LogP contribution in [0.1, 0.15) is 6.92 Å². The Bertz CT molecular complexity index is 252. The Kier molecular flexibility index (Phi) is 2.41. The van der Waals surface area contributed by atoms with Gasteiger partial charge in [0.2, 0.25) is 5.92 Å². The zero-order valence-corrected chi connectivity index (χ0v) is 6.61. The number of carbonyl (C=O) groups excluding carboxylic acids is 2. The summed E-state index contributed by atoms with van der Waals surface area (Å²) < 4.78 is 0. The SMILES string of the molecule is CC(=O)C(C#N)C(=O)ON1CC1. The topological polar surface area (TPSA) is 70.2 Å². The van der Waals surface area contributed by atoms with Crippen LogP contribution in [0.2, 0.25) is 0 Å². The molecule has 0 radical (unpaired) electrons. The number of nitrogens with zero attached hydrogens (tertiary/aromatic N) is 2. The van der Waals surface area contributed by atoms with Crippen LogP contribution >= 0.6 is 0 Å². The van der Waals surface area contributed by atoms with Crippen LogP contribution in [-0.4, -0.2) is 29.9 Å². The summed E-state index contributed by atoms with van der Waals surface area (Å²) in [7, 11) is 0. The molecule has 0 amide bonds. The maximum absolute atomic E-state index is 11.0. The van der Waals surface area contributed by atoms with Gasteiger partial charge in [-0.1, -0.05) is 0 Å². The fourth-order valence-corrected chi connectivity index (χ4v) is 0.622. The Labute approximate surface area is 69.5 Å². The molecule has 0 spiro atoms. The maximum atomic E-state index is 11.0. The lowest BCUT2D eigenvalue weighted by Crippen LogP contribution is -2.24. The molecular formula is C7H8N2O3. The summed E-state index contributed by atoms with van der Waals surface area (Å²) in [6, 6.07) is 1.58. The number of hydroxylamine groups is 2. The molecule has 1 atom stereocenters. The lowest BCUT2D eigenvalue weighted by molar-refractivity contribution is -0.170. The van der Waals surface area contributed by atoms with Crippen LogP contribution in [0.25, 0.3) is 0 Å². The molecule has 0 bridgehead atoms. The summed E-state index contributed by atoms with van der Waals surface area (Å²) in [6.07, 6.45) is 0. The number of rotatable bonds is 3. The van der Waals surface area contributed by atoms with Crippen molar-refractivity contribution in [3.05, 3.63) is 0 Å². The number of nitriles is 1. The van der Waals surface area contributed by atoms with Gasteiger partial charge >= 0.3 is 5.97 Å². The van der Waals surface area contributed by atoms with E-state index in [0.29, 0.717) is 13.1 Å². The predicted octanol–water partition coefficient (Wildman–Crippen LogP) is -0.511. The van der Waals surface area contributed by atoms with Gasteiger partial charge in [0.1, 0.15) is 0 Å². The minimum Gasteiger partial charge on any atom is -0.366 e. The molecule has 0 aliphatic carbocycles. The van der Waals surface area contributed by atoms with E-state index in [0.717, 1.165) is 0 Å². The Morgan fingerprint density at radius 2 is 2.17 bits per heavy atom. The molecule has 1 rings (SSSR count). The van der Waals surface area contributed by atoms with Crippen molar-refractivity contribution in [3.8, 4) is 6.07 Å². The van der Waals surface area contributed by atoms with Crippen LogP contribution in [0.4, 0.5) is 0 Å². The van der Waals surface area contributed by atoms with Gasteiger partial charge < -0.3 is 4.84 Å². The third kappa shape index (κ3) is 2.04. The Morgan fingerprint density at radius 1 is 1.58 bits per heavy atom. The maximum Gasteiger partial charge on any atom is 0.349 e. The molecule has 1 fully saturated rings. The highest BCUT2D eigenvalue weighted by atomic mass is 16.7. The first-order valence-corrected chi connectivity index (χ1v) is 3.52. The van der Waals surface area contributed by atoms with E-state index in [4.69, 9.17) is 5.26 Å². The zero-order chi connectivity index (χ0) is 9.14. The van der Waals surface area contributed by atoms with Gasteiger partial charge in [-0.15, -0.1) is 5.06 Å². The minimum atomic E-state index is -1.27. The summed E-state index contributed by atoms with van der Waals surface area (Å²) in [5.41, 5.74) is 0. The van der Waals surface area contributed by atoms with Crippen molar-refractivity contribution in [1.29, 1.82) is 5.26 Å². The third-order valence-corrected chi connectivity index (χ3v) is 1.40. The second kappa shape index (κ2) is 3.32. The van der Waals surface area contributed by atoms with Crippen molar-refractivity contribution in [2.24, 2.45) is 5.92 Å². The fraction of sp³-hybridized carbons (Fsp3) is 0.571. The monoisotopic (exact) mass is 168 g/mol. The molecule has 0 aromatic carbocycles. The zero-order valence-electron chi connectivity index (χ0n) is 6.61. The lowest BCUT2D eigenvalue weighted by atomic mass is 10.1. The van der Waals surface area contributed by atoms with Gasteiger partial charge in [-0.3, -0.25) is 4.79 Å². The second-order valence-electron chi connectivity index (χ2n) is 2.51. The second-order valence-corrected chi connectivity index (χ2v) is 2.51. The number of hydrogen-bond donors (Lipinski definition) is 0. The van der Waals surface area contributed by atoms with Gasteiger partial charge in [-0.05, 0) is 6.92 Å². The van der Waals surface area contributed by atoms with Crippen molar-refractivity contribution in [3.63, 3.8) is 0 Å². The van der Waals surface area contributed by atoms with Crippen LogP contribution < -0.4 is 0 Å². The molecule has 0 N–H and O–H groups in total. The van der Waals surface area contributed by atoms with E-state index >= 15 is 0 Å². The average molecular weight is 168 g/mol. The van der Waals surface area contributed by atoms with E-state index in [1.54, 1.807) is 6.07 Å². The molecule has 12 heavy (non-hydrogen) atoms. The molecular weight excluding hydrogens is 160 g/mol. The molecule has 64 valence electrons. The third-order valence-electron chi connectivity index (χ3n) is 1.40. The average Bonchev–Trinajstić information content (AvgIpc) is 2.71. The highest BCUT2D eigenvalue weighted by Crippen LogP contribution is 2.08. The molecule has 1 aliphatic heterocycles. The Balaban J connectivity index is 2.47. The first-order chi connectivity index (χ1) is 5.65. The van der Waals surface area contributed by atoms with Gasteiger partial charge in [0.05, 0.1) is 19.2 Å². The normalized spacial score (nSPS) is 17.7. The van der Waals surface area contributed by atoms with E-state index in [1.165, 1.54) is 12.0 Å². The highest BCUT2D eigenvalue weighted by Gasteiger charge is 2.30. The molecule has 1 heterocycles. The number of ketones is 1. The molecule has 1 saturated heterocycles. The summed E-state index contributed by atoms with van der Waals surface area (Å²) in [4.78, 5) is 26.3. The summed E-state index contributed by atoms with van der Waals surface area (Å²) in [5, 5.41) is 9.79. The van der Waals surface area contributed by atoms with E-state index < -0.39 is 17.7 Å². The number of Topliss-reactive ketones (excluding diaryl/α,β-unsaturated/α-hetero) is 1. The fourth-order valence-electron chi connectivity index (χ4n) is 0.622. The van der Waals surface area contributed by atoms with Crippen LogP contribution in [-0.2, 0) is 14.4 Å². The standard InChI is InChI=1S/C7H8N2O3/c1-5(10)6(4-8)7(11)12-9-2-3-9/h6H,2-3H2,1H3. The van der Waals surface area contributed by atoms with Crippen molar-refractivity contribution in [1.82, 2.24) is 5.06 Å². The number of carbonyl (C=O) groups is 2. The summed E-state index contributed by atoms with van der Waals surface area (Å²) >= 11 is 0. The summed E-state index contributed by atoms with van der Waals surface area (Å²) in [6.45, 7) is 2.56. The van der Waals surface area contributed by atoms with Gasteiger partial charge in [0.15, 0.2) is 5.78 Å². The predicted molar refractivity (Wildman–Crippen MR) is 37.4 cm³/mol. The molecule has 5 nitrogen and oxygen atoms in total. The van der Waals surface area contributed by atoms with Crippen molar-refractivity contribution in [2.45, 2.75) is 6.92 Å². The summed E-state index contributed by atoms with van der Waals surface area (Å²) in [5.74, 6) is -2.53. The first kappa shape index (κ1) is 8.68. The Hall–Kier alpha value is -1.41. The van der Waals surface area contributed by atoms with Gasteiger partial charge in [-0.25, -0.2) is 4.79 Å². The molecule has 0 aromatic heterocycles. The van der Waals surface area contributed by atoms with E-state index in [-0.39, 0.29) is 0 Å². The molecule has 1 aliphatic rings. The van der Waals surface area contributed by atoms with Crippen molar-refractivity contribution in [2.75, 3.05) is 13.1 Å².